The van der Waals surface area contributed by atoms with Crippen LogP contribution in [0, 0.1) is 6.92 Å². The Morgan fingerprint density at radius 2 is 1.81 bits per heavy atom. The Morgan fingerprint density at radius 1 is 1.08 bits per heavy atom. The van der Waals surface area contributed by atoms with Crippen molar-refractivity contribution in [2.45, 2.75) is 33.2 Å². The van der Waals surface area contributed by atoms with Crippen LogP contribution in [0.2, 0.25) is 0 Å². The zero-order valence-electron chi connectivity index (χ0n) is 16.1. The summed E-state index contributed by atoms with van der Waals surface area (Å²) >= 11 is 0. The smallest absolute Gasteiger partial charge is 0.255 e. The number of nitrogens with zero attached hydrogens (tertiary/aromatic N) is 3. The van der Waals surface area contributed by atoms with E-state index >= 15 is 0 Å². The van der Waals surface area contributed by atoms with Gasteiger partial charge in [-0.25, -0.2) is 4.98 Å². The lowest BCUT2D eigenvalue weighted by Gasteiger charge is -2.36. The van der Waals surface area contributed by atoms with Gasteiger partial charge in [-0.15, -0.1) is 0 Å². The molecule has 2 aromatic rings. The number of amides is 1. The second-order valence-corrected chi connectivity index (χ2v) is 7.93. The lowest BCUT2D eigenvalue weighted by molar-refractivity contribution is 0.0746. The third kappa shape index (κ3) is 4.54. The summed E-state index contributed by atoms with van der Waals surface area (Å²) in [5.41, 5.74) is 3.09. The van der Waals surface area contributed by atoms with Crippen LogP contribution >= 0.6 is 0 Å². The van der Waals surface area contributed by atoms with Crippen LogP contribution in [-0.2, 0) is 0 Å². The number of hydrogen-bond acceptors (Lipinski definition) is 4. The first-order valence-electron chi connectivity index (χ1n) is 9.17. The summed E-state index contributed by atoms with van der Waals surface area (Å²) in [6, 6.07) is 12.3. The molecule has 1 aliphatic heterocycles. The average molecular weight is 352 g/mol. The zero-order chi connectivity index (χ0) is 18.7. The molecule has 1 aliphatic rings. The SMILES string of the molecule is Cc1cccc(N2CCN(C(=O)c3ccc(NC(C)(C)C)nc3)CC2)c1. The predicted octanol–water partition coefficient (Wildman–Crippen LogP) is 3.56. The molecule has 5 heteroatoms. The van der Waals surface area contributed by atoms with Crippen molar-refractivity contribution in [1.29, 1.82) is 0 Å². The number of rotatable bonds is 3. The maximum absolute atomic E-state index is 12.7. The third-order valence-corrected chi connectivity index (χ3v) is 4.45. The topological polar surface area (TPSA) is 48.5 Å². The van der Waals surface area contributed by atoms with Gasteiger partial charge in [-0.05, 0) is 57.5 Å². The van der Waals surface area contributed by atoms with Crippen molar-refractivity contribution in [3.63, 3.8) is 0 Å². The lowest BCUT2D eigenvalue weighted by atomic mass is 10.1. The number of aryl methyl sites for hydroxylation is 1. The number of benzene rings is 1. The van der Waals surface area contributed by atoms with E-state index < -0.39 is 0 Å². The Hall–Kier alpha value is -2.56. The van der Waals surface area contributed by atoms with Crippen LogP contribution in [0.25, 0.3) is 0 Å². The molecule has 0 spiro atoms. The summed E-state index contributed by atoms with van der Waals surface area (Å²) < 4.78 is 0. The van der Waals surface area contributed by atoms with Gasteiger partial charge in [0.25, 0.3) is 5.91 Å². The van der Waals surface area contributed by atoms with Crippen LogP contribution in [0.1, 0.15) is 36.7 Å². The minimum atomic E-state index is -0.0509. The maximum Gasteiger partial charge on any atom is 0.255 e. The summed E-state index contributed by atoms with van der Waals surface area (Å²) in [6.45, 7) is 11.5. The van der Waals surface area contributed by atoms with Crippen molar-refractivity contribution in [2.24, 2.45) is 0 Å². The lowest BCUT2D eigenvalue weighted by Crippen LogP contribution is -2.48. The fourth-order valence-corrected chi connectivity index (χ4v) is 3.15. The van der Waals surface area contributed by atoms with E-state index in [4.69, 9.17) is 0 Å². The monoisotopic (exact) mass is 352 g/mol. The summed E-state index contributed by atoms with van der Waals surface area (Å²) in [5.74, 6) is 0.849. The van der Waals surface area contributed by atoms with Gasteiger partial charge in [0.05, 0.1) is 5.56 Å². The molecule has 0 radical (unpaired) electrons. The van der Waals surface area contributed by atoms with Gasteiger partial charge in [0.1, 0.15) is 5.82 Å². The molecule has 138 valence electrons. The molecule has 1 aromatic heterocycles. The molecule has 3 rings (SSSR count). The number of aromatic nitrogens is 1. The Morgan fingerprint density at radius 3 is 2.38 bits per heavy atom. The normalized spacial score (nSPS) is 15.1. The van der Waals surface area contributed by atoms with Crippen molar-refractivity contribution in [3.05, 3.63) is 53.7 Å². The quantitative estimate of drug-likeness (QED) is 0.917. The van der Waals surface area contributed by atoms with Crippen LogP contribution in [0.5, 0.6) is 0 Å². The van der Waals surface area contributed by atoms with Crippen molar-refractivity contribution >= 4 is 17.4 Å². The molecule has 1 N–H and O–H groups in total. The first-order chi connectivity index (χ1) is 12.3. The first kappa shape index (κ1) is 18.2. The van der Waals surface area contributed by atoms with E-state index in [0.717, 1.165) is 32.0 Å². The van der Waals surface area contributed by atoms with Crippen molar-refractivity contribution in [1.82, 2.24) is 9.88 Å². The van der Waals surface area contributed by atoms with Crippen LogP contribution in [0.3, 0.4) is 0 Å². The van der Waals surface area contributed by atoms with Gasteiger partial charge in [-0.3, -0.25) is 4.79 Å². The molecule has 0 aliphatic carbocycles. The van der Waals surface area contributed by atoms with E-state index in [0.29, 0.717) is 5.56 Å². The molecular formula is C21H28N4O. The Balaban J connectivity index is 1.60. The Bertz CT molecular complexity index is 756. The average Bonchev–Trinajstić information content (AvgIpc) is 2.61. The molecule has 0 bridgehead atoms. The largest absolute Gasteiger partial charge is 0.368 e. The molecule has 1 amide bonds. The van der Waals surface area contributed by atoms with Gasteiger partial charge in [-0.2, -0.15) is 0 Å². The number of carbonyl (C=O) groups excluding carboxylic acids is 1. The number of pyridine rings is 1. The highest BCUT2D eigenvalue weighted by Crippen LogP contribution is 2.19. The van der Waals surface area contributed by atoms with Crippen molar-refractivity contribution in [2.75, 3.05) is 36.4 Å². The van der Waals surface area contributed by atoms with Gasteiger partial charge in [-0.1, -0.05) is 12.1 Å². The summed E-state index contributed by atoms with van der Waals surface area (Å²) in [4.78, 5) is 21.4. The Kier molecular flexibility index (Phi) is 5.16. The minimum Gasteiger partial charge on any atom is -0.368 e. The summed E-state index contributed by atoms with van der Waals surface area (Å²) in [5, 5.41) is 3.31. The number of carbonyl (C=O) groups is 1. The number of piperazine rings is 1. The summed E-state index contributed by atoms with van der Waals surface area (Å²) in [7, 11) is 0. The van der Waals surface area contributed by atoms with Gasteiger partial charge in [0.15, 0.2) is 0 Å². The second-order valence-electron chi connectivity index (χ2n) is 7.93. The second kappa shape index (κ2) is 7.36. The van der Waals surface area contributed by atoms with Crippen LogP contribution in [-0.4, -0.2) is 47.5 Å². The summed E-state index contributed by atoms with van der Waals surface area (Å²) in [6.07, 6.45) is 1.67. The molecule has 1 saturated heterocycles. The molecule has 5 nitrogen and oxygen atoms in total. The standard InChI is InChI=1S/C21H28N4O/c1-16-6-5-7-18(14-16)24-10-12-25(13-11-24)20(26)17-8-9-19(22-15-17)23-21(2,3)4/h5-9,14-15H,10-13H2,1-4H3,(H,22,23). The van der Waals surface area contributed by atoms with Gasteiger partial charge >= 0.3 is 0 Å². The number of hydrogen-bond donors (Lipinski definition) is 1. The van der Waals surface area contributed by atoms with Crippen molar-refractivity contribution < 1.29 is 4.79 Å². The molecule has 0 atom stereocenters. The van der Waals surface area contributed by atoms with E-state index in [-0.39, 0.29) is 11.4 Å². The predicted molar refractivity (Wildman–Crippen MR) is 107 cm³/mol. The van der Waals surface area contributed by atoms with E-state index in [2.05, 4.69) is 67.2 Å². The molecule has 0 saturated carbocycles. The Labute approximate surface area is 156 Å². The fraction of sp³-hybridized carbons (Fsp3) is 0.429. The minimum absolute atomic E-state index is 0.0509. The number of nitrogens with one attached hydrogen (secondary N) is 1. The van der Waals surface area contributed by atoms with Gasteiger partial charge in [0, 0.05) is 43.6 Å². The molecule has 2 heterocycles. The first-order valence-corrected chi connectivity index (χ1v) is 9.17. The van der Waals surface area contributed by atoms with Crippen LogP contribution < -0.4 is 10.2 Å². The third-order valence-electron chi connectivity index (χ3n) is 4.45. The molecule has 0 unspecified atom stereocenters. The van der Waals surface area contributed by atoms with E-state index in [1.165, 1.54) is 11.3 Å². The van der Waals surface area contributed by atoms with E-state index in [9.17, 15) is 4.79 Å². The highest BCUT2D eigenvalue weighted by atomic mass is 16.2. The van der Waals surface area contributed by atoms with Gasteiger partial charge < -0.3 is 15.1 Å². The zero-order valence-corrected chi connectivity index (χ0v) is 16.1. The maximum atomic E-state index is 12.7. The highest BCUT2D eigenvalue weighted by molar-refractivity contribution is 5.94. The van der Waals surface area contributed by atoms with Crippen LogP contribution in [0.15, 0.2) is 42.6 Å². The van der Waals surface area contributed by atoms with Gasteiger partial charge in [0.2, 0.25) is 0 Å². The fourth-order valence-electron chi connectivity index (χ4n) is 3.15. The molecule has 1 fully saturated rings. The molecular weight excluding hydrogens is 324 g/mol. The van der Waals surface area contributed by atoms with E-state index in [1.807, 2.05) is 17.0 Å². The molecule has 1 aromatic carbocycles. The number of anilines is 2. The highest BCUT2D eigenvalue weighted by Gasteiger charge is 2.22. The van der Waals surface area contributed by atoms with E-state index in [1.54, 1.807) is 6.20 Å². The van der Waals surface area contributed by atoms with Crippen molar-refractivity contribution in [3.8, 4) is 0 Å². The molecule has 26 heavy (non-hydrogen) atoms. The van der Waals surface area contributed by atoms with Crippen LogP contribution in [0.4, 0.5) is 11.5 Å².